The largest absolute Gasteiger partial charge is 0.756 e. The summed E-state index contributed by atoms with van der Waals surface area (Å²) in [6.45, 7) is 0.527. The third-order valence-corrected chi connectivity index (χ3v) is 9.22. The van der Waals surface area contributed by atoms with E-state index in [2.05, 4.69) is 20.1 Å². The number of aromatic nitrogens is 2. The summed E-state index contributed by atoms with van der Waals surface area (Å²) in [7, 11) is -3.70. The number of aromatic amines is 1. The molecule has 46 heavy (non-hydrogen) atoms. The average molecular weight is 712 g/mol. The van der Waals surface area contributed by atoms with Crippen molar-refractivity contribution in [2.75, 3.05) is 26.8 Å². The van der Waals surface area contributed by atoms with Gasteiger partial charge in [0.1, 0.15) is 12.3 Å². The summed E-state index contributed by atoms with van der Waals surface area (Å²) >= 11 is 0. The van der Waals surface area contributed by atoms with E-state index in [-0.39, 0.29) is 40.9 Å². The molecule has 0 radical (unpaired) electrons. The summed E-state index contributed by atoms with van der Waals surface area (Å²) in [6.07, 6.45) is 15.5. The molecule has 2 heterocycles. The Kier molecular flexibility index (Phi) is 18.3. The number of hydrogen-bond donors (Lipinski definition) is 4. The zero-order chi connectivity index (χ0) is 32.7. The second kappa shape index (κ2) is 21.0. The van der Waals surface area contributed by atoms with Gasteiger partial charge in [0, 0.05) is 61.9 Å². The van der Waals surface area contributed by atoms with E-state index in [1.54, 1.807) is 0 Å². The molecule has 4 rings (SSSR count). The van der Waals surface area contributed by atoms with Gasteiger partial charge in [0.05, 0.1) is 18.3 Å². The number of nitrogens with one attached hydrogen (secondary N) is 3. The molecule has 0 bridgehead atoms. The molecule has 14 nitrogen and oxygen atoms in total. The maximum absolute atomic E-state index is 12.4. The maximum Gasteiger partial charge on any atom is 0.330 e. The van der Waals surface area contributed by atoms with Crippen LogP contribution in [0.25, 0.3) is 6.08 Å². The van der Waals surface area contributed by atoms with E-state index in [1.165, 1.54) is 50.5 Å². The van der Waals surface area contributed by atoms with Crippen LogP contribution in [0.15, 0.2) is 21.9 Å². The van der Waals surface area contributed by atoms with Crippen LogP contribution in [0.2, 0.25) is 0 Å². The molecule has 2 amide bonds. The fourth-order valence-electron chi connectivity index (χ4n) is 5.66. The van der Waals surface area contributed by atoms with E-state index in [0.717, 1.165) is 63.0 Å². The molecule has 3 fully saturated rings. The number of H-pyrrole nitrogens is 1. The van der Waals surface area contributed by atoms with Gasteiger partial charge in [-0.2, -0.15) is 0 Å². The summed E-state index contributed by atoms with van der Waals surface area (Å²) in [4.78, 5) is 62.6. The Balaban J connectivity index is 0.00000112. The van der Waals surface area contributed by atoms with Crippen molar-refractivity contribution in [3.8, 4) is 0 Å². The Morgan fingerprint density at radius 1 is 1.07 bits per heavy atom. The van der Waals surface area contributed by atoms with Crippen LogP contribution in [0.3, 0.4) is 0 Å². The van der Waals surface area contributed by atoms with Gasteiger partial charge < -0.3 is 34.4 Å². The average Bonchev–Trinajstić information content (AvgIpc) is 3.82. The van der Waals surface area contributed by atoms with Crippen LogP contribution in [0.4, 0.5) is 0 Å². The first-order chi connectivity index (χ1) is 21.6. The number of carbonyl (C=O) groups is 2. The second-order valence-corrected chi connectivity index (χ2v) is 13.1. The monoisotopic (exact) mass is 711 g/mol. The molecule has 0 spiro atoms. The first-order valence-corrected chi connectivity index (χ1v) is 17.5. The van der Waals surface area contributed by atoms with Crippen molar-refractivity contribution in [3.05, 3.63) is 38.7 Å². The van der Waals surface area contributed by atoms with Crippen LogP contribution < -0.4 is 26.8 Å². The molecule has 4 N–H and O–H groups in total. The normalized spacial score (nSPS) is 22.5. The van der Waals surface area contributed by atoms with Crippen molar-refractivity contribution in [3.63, 3.8) is 0 Å². The molecule has 3 aliphatic rings. The predicted molar refractivity (Wildman–Crippen MR) is 165 cm³/mol. The van der Waals surface area contributed by atoms with Crippen LogP contribution >= 0.6 is 7.82 Å². The van der Waals surface area contributed by atoms with E-state index < -0.39 is 50.0 Å². The third kappa shape index (κ3) is 13.6. The Bertz CT molecular complexity index is 1270. The first-order valence-electron chi connectivity index (χ1n) is 16.0. The molecule has 262 valence electrons. The number of phosphoric acid groups is 1. The summed E-state index contributed by atoms with van der Waals surface area (Å²) in [6, 6.07) is 0. The number of aliphatic hydroxyl groups is 1. The van der Waals surface area contributed by atoms with E-state index in [0.29, 0.717) is 13.1 Å². The van der Waals surface area contributed by atoms with Gasteiger partial charge in [-0.3, -0.25) is 28.5 Å². The minimum Gasteiger partial charge on any atom is -0.756 e. The Morgan fingerprint density at radius 2 is 1.67 bits per heavy atom. The summed E-state index contributed by atoms with van der Waals surface area (Å²) in [5, 5.41) is 15.3. The standard InChI is InChI=1S/C25H39N4O10P.C5H10.Fe/c1-37-40(35,36)39-19-14-22(38-20(19)16-30)29-15-18(24(33)28-25(29)34)10-11-21(31)26-12-6-2-3-7-13-27-23(32)17-8-4-5-9-17;1-2-4-5-3-1;/h10-11,15,17,19-20,22,30H,2-9,12-14,16H2,1H3,(H,26,31)(H,27,32)(H,35,36)(H,28,33,34);1-5H2;/p-1/b11-10+;;. The van der Waals surface area contributed by atoms with Crippen molar-refractivity contribution in [2.45, 2.75) is 108 Å². The number of phosphoric ester groups is 1. The van der Waals surface area contributed by atoms with Crippen LogP contribution in [0, 0.1) is 5.92 Å². The minimum atomic E-state index is -4.63. The summed E-state index contributed by atoms with van der Waals surface area (Å²) < 4.78 is 27.4. The number of unbranched alkanes of at least 4 members (excludes halogenated alkanes) is 3. The Morgan fingerprint density at radius 3 is 2.26 bits per heavy atom. The van der Waals surface area contributed by atoms with Crippen LogP contribution in [0.5, 0.6) is 0 Å². The number of ether oxygens (including phenoxy) is 1. The third-order valence-electron chi connectivity index (χ3n) is 8.25. The molecule has 2 aliphatic carbocycles. The molecule has 1 aliphatic heterocycles. The van der Waals surface area contributed by atoms with Gasteiger partial charge in [0.15, 0.2) is 0 Å². The Hall–Kier alpha value is -2.09. The number of hydrogen-bond acceptors (Lipinski definition) is 10. The molecule has 1 saturated heterocycles. The van der Waals surface area contributed by atoms with Gasteiger partial charge in [0.25, 0.3) is 13.4 Å². The molecule has 4 unspecified atom stereocenters. The zero-order valence-corrected chi connectivity index (χ0v) is 28.4. The molecule has 0 aromatic carbocycles. The van der Waals surface area contributed by atoms with E-state index in [1.807, 2.05) is 0 Å². The van der Waals surface area contributed by atoms with Gasteiger partial charge in [-0.05, 0) is 31.8 Å². The van der Waals surface area contributed by atoms with Crippen molar-refractivity contribution in [1.29, 1.82) is 0 Å². The van der Waals surface area contributed by atoms with Crippen molar-refractivity contribution in [1.82, 2.24) is 20.2 Å². The molecular formula is C30H48FeN4O10P-. The van der Waals surface area contributed by atoms with E-state index >= 15 is 0 Å². The molecule has 1 aromatic heterocycles. The predicted octanol–water partition coefficient (Wildman–Crippen LogP) is 2.26. The van der Waals surface area contributed by atoms with Gasteiger partial charge in [0.2, 0.25) is 11.8 Å². The Labute approximate surface area is 280 Å². The summed E-state index contributed by atoms with van der Waals surface area (Å²) in [5.41, 5.74) is -1.54. The number of aliphatic hydroxyl groups excluding tert-OH is 1. The second-order valence-electron chi connectivity index (χ2n) is 11.7. The van der Waals surface area contributed by atoms with Gasteiger partial charge >= 0.3 is 5.69 Å². The number of rotatable bonds is 15. The molecule has 2 saturated carbocycles. The molecular weight excluding hydrogens is 663 g/mol. The van der Waals surface area contributed by atoms with Crippen molar-refractivity contribution >= 4 is 25.7 Å². The van der Waals surface area contributed by atoms with Crippen LogP contribution in [-0.2, 0) is 45.0 Å². The summed E-state index contributed by atoms with van der Waals surface area (Å²) in [5.74, 6) is -0.0870. The maximum atomic E-state index is 12.4. The number of carbonyl (C=O) groups excluding carboxylic acids is 2. The van der Waals surface area contributed by atoms with Gasteiger partial charge in [-0.25, -0.2) is 4.79 Å². The molecule has 16 heteroatoms. The molecule has 1 aromatic rings. The van der Waals surface area contributed by atoms with Crippen LogP contribution in [0.1, 0.15) is 102 Å². The topological polar surface area (TPSA) is 201 Å². The van der Waals surface area contributed by atoms with Crippen molar-refractivity contribution in [2.24, 2.45) is 5.92 Å². The SMILES string of the molecule is C1CCCC1.COP(=O)([O-])OC1CC(n2cc(/C=C/C(=O)NCCCCCCNC(=O)C3CCCC3)c(=O)[nH]c2=O)OC1CO.[Fe]. The van der Waals surface area contributed by atoms with Gasteiger partial charge in [-0.1, -0.05) is 57.8 Å². The fourth-order valence-corrected chi connectivity index (χ4v) is 6.30. The van der Waals surface area contributed by atoms with E-state index in [9.17, 15) is 33.7 Å². The van der Waals surface area contributed by atoms with Crippen molar-refractivity contribution < 1.29 is 55.0 Å². The number of nitrogens with zero attached hydrogens (tertiary/aromatic N) is 1. The van der Waals surface area contributed by atoms with Gasteiger partial charge in [-0.15, -0.1) is 0 Å². The quantitative estimate of drug-likeness (QED) is 0.0906. The number of amides is 2. The fraction of sp³-hybridized carbons (Fsp3) is 0.733. The zero-order valence-electron chi connectivity index (χ0n) is 26.4. The van der Waals surface area contributed by atoms with E-state index in [4.69, 9.17) is 9.26 Å². The first kappa shape index (κ1) is 40.1. The minimum absolute atomic E-state index is 0. The smallest absolute Gasteiger partial charge is 0.330 e. The van der Waals surface area contributed by atoms with Crippen LogP contribution in [-0.4, -0.2) is 65.5 Å². The molecule has 4 atom stereocenters.